The van der Waals surface area contributed by atoms with E-state index in [0.29, 0.717) is 25.7 Å². The van der Waals surface area contributed by atoms with Crippen molar-refractivity contribution in [3.05, 3.63) is 65.7 Å². The molecule has 0 bridgehead atoms. The Morgan fingerprint density at radius 3 is 1.89 bits per heavy atom. The van der Waals surface area contributed by atoms with E-state index in [4.69, 9.17) is 13.3 Å². The van der Waals surface area contributed by atoms with Gasteiger partial charge in [0.05, 0.1) is 7.11 Å². The molecule has 1 aliphatic carbocycles. The molecule has 0 atom stereocenters. The molecule has 2 aromatic rings. The molecule has 1 aliphatic rings. The topological polar surface area (TPSA) is 54.0 Å². The molecule has 0 spiro atoms. The van der Waals surface area contributed by atoms with Crippen LogP contribution in [0.5, 0.6) is 0 Å². The van der Waals surface area contributed by atoms with Crippen LogP contribution in [0.3, 0.4) is 0 Å². The summed E-state index contributed by atoms with van der Waals surface area (Å²) < 4.78 is 22.7. The molecular weight excluding hydrogens is 492 g/mol. The number of hydrogen-bond donors (Lipinski definition) is 0. The molecule has 0 unspecified atom stereocenters. The maximum absolute atomic E-state index is 11.3. The normalized spacial score (nSPS) is 18.1. The Balaban J connectivity index is 1.44. The first-order valence-electron chi connectivity index (χ1n) is 14.4. The molecule has 38 heavy (non-hydrogen) atoms. The maximum atomic E-state index is 11.3. The number of esters is 1. The highest BCUT2D eigenvalue weighted by atomic mass is 28.4. The fourth-order valence-corrected chi connectivity index (χ4v) is 8.21. The average molecular weight is 539 g/mol. The van der Waals surface area contributed by atoms with Crippen LogP contribution in [-0.4, -0.2) is 41.7 Å². The Bertz CT molecular complexity index is 961. The van der Waals surface area contributed by atoms with Gasteiger partial charge in [-0.3, -0.25) is 0 Å². The van der Waals surface area contributed by atoms with Crippen molar-refractivity contribution in [2.45, 2.75) is 77.7 Å². The summed E-state index contributed by atoms with van der Waals surface area (Å²) >= 11 is 0. The number of unbranched alkanes of at least 4 members (excludes halogenated alkanes) is 1. The number of ether oxygens (including phenoxy) is 1. The van der Waals surface area contributed by atoms with Crippen molar-refractivity contribution in [1.29, 1.82) is 0 Å². The van der Waals surface area contributed by atoms with E-state index in [2.05, 4.69) is 41.1 Å². The van der Waals surface area contributed by atoms with Gasteiger partial charge < -0.3 is 18.0 Å². The van der Waals surface area contributed by atoms with E-state index < -0.39 is 8.80 Å². The van der Waals surface area contributed by atoms with Crippen LogP contribution in [0, 0.1) is 5.92 Å². The zero-order valence-corrected chi connectivity index (χ0v) is 24.7. The van der Waals surface area contributed by atoms with Crippen LogP contribution >= 0.6 is 0 Å². The molecule has 1 saturated carbocycles. The van der Waals surface area contributed by atoms with Crippen LogP contribution in [0.2, 0.25) is 6.04 Å². The van der Waals surface area contributed by atoms with Crippen LogP contribution in [0.25, 0.3) is 17.2 Å². The minimum Gasteiger partial charge on any atom is -0.466 e. The zero-order chi connectivity index (χ0) is 27.2. The maximum Gasteiger partial charge on any atom is 0.500 e. The molecule has 0 aliphatic heterocycles. The minimum absolute atomic E-state index is 0.344. The summed E-state index contributed by atoms with van der Waals surface area (Å²) in [6.07, 6.45) is 12.0. The summed E-state index contributed by atoms with van der Waals surface area (Å²) in [6, 6.07) is 18.3. The lowest BCUT2D eigenvalue weighted by molar-refractivity contribution is -0.134. The number of rotatable bonds is 15. The first kappa shape index (κ1) is 30.3. The average Bonchev–Trinajstić information content (AvgIpc) is 2.95. The number of methoxy groups -OCH3 is 1. The molecule has 1 fully saturated rings. The van der Waals surface area contributed by atoms with E-state index >= 15 is 0 Å². The molecule has 0 amide bonds. The molecular formula is C32H46O5Si. The number of hydrogen-bond acceptors (Lipinski definition) is 5. The van der Waals surface area contributed by atoms with Crippen LogP contribution in [0.15, 0.2) is 54.6 Å². The summed E-state index contributed by atoms with van der Waals surface area (Å²) in [5, 5.41) is 0. The monoisotopic (exact) mass is 538 g/mol. The number of benzene rings is 2. The van der Waals surface area contributed by atoms with Crippen LogP contribution in [0.1, 0.15) is 82.8 Å². The van der Waals surface area contributed by atoms with Crippen LogP contribution < -0.4 is 0 Å². The first-order valence-corrected chi connectivity index (χ1v) is 16.3. The lowest BCUT2D eigenvalue weighted by Crippen LogP contribution is -2.45. The lowest BCUT2D eigenvalue weighted by atomic mass is 9.77. The third kappa shape index (κ3) is 9.19. The van der Waals surface area contributed by atoms with Gasteiger partial charge in [0, 0.05) is 31.9 Å². The van der Waals surface area contributed by atoms with Crippen LogP contribution in [0.4, 0.5) is 0 Å². The lowest BCUT2D eigenvalue weighted by Gasteiger charge is -2.30. The summed E-state index contributed by atoms with van der Waals surface area (Å²) in [6.45, 7) is 8.03. The van der Waals surface area contributed by atoms with Gasteiger partial charge >= 0.3 is 14.8 Å². The summed E-state index contributed by atoms with van der Waals surface area (Å²) in [7, 11) is -1.11. The van der Waals surface area contributed by atoms with Gasteiger partial charge in [-0.1, -0.05) is 61.4 Å². The Kier molecular flexibility index (Phi) is 12.7. The molecule has 208 valence electrons. The highest BCUT2D eigenvalue weighted by Crippen LogP contribution is 2.38. The highest BCUT2D eigenvalue weighted by molar-refractivity contribution is 6.60. The Labute approximate surface area is 230 Å². The van der Waals surface area contributed by atoms with Gasteiger partial charge in [-0.15, -0.1) is 0 Å². The van der Waals surface area contributed by atoms with Gasteiger partial charge in [0.15, 0.2) is 0 Å². The standard InChI is InChI=1S/C32H46O5Si/c1-5-35-38(36-6-2,37-7-3)25-9-8-10-26-11-16-28(17-12-26)30-20-22-31(23-21-30)29-18-13-27(14-19-29)15-24-32(33)34-4/h13-15,18-24,26,28H,5-12,16-17,25H2,1-4H3/t26-,28-. The molecule has 5 nitrogen and oxygen atoms in total. The van der Waals surface area contributed by atoms with Gasteiger partial charge in [-0.2, -0.15) is 0 Å². The predicted molar refractivity (Wildman–Crippen MR) is 157 cm³/mol. The van der Waals surface area contributed by atoms with Crippen molar-refractivity contribution in [2.24, 2.45) is 5.92 Å². The second-order valence-corrected chi connectivity index (χ2v) is 12.8. The van der Waals surface area contributed by atoms with Gasteiger partial charge in [0.25, 0.3) is 0 Å². The van der Waals surface area contributed by atoms with Crippen molar-refractivity contribution in [3.8, 4) is 11.1 Å². The van der Waals surface area contributed by atoms with E-state index in [9.17, 15) is 4.79 Å². The van der Waals surface area contributed by atoms with Gasteiger partial charge in [-0.05, 0) is 93.0 Å². The van der Waals surface area contributed by atoms with Gasteiger partial charge in [0.2, 0.25) is 0 Å². The van der Waals surface area contributed by atoms with E-state index in [0.717, 1.165) is 23.9 Å². The molecule has 0 heterocycles. The summed E-state index contributed by atoms with van der Waals surface area (Å²) in [5.74, 6) is 1.16. The molecule has 0 aromatic heterocycles. The van der Waals surface area contributed by atoms with E-state index in [1.165, 1.54) is 68.4 Å². The fourth-order valence-electron chi connectivity index (χ4n) is 5.53. The van der Waals surface area contributed by atoms with Crippen molar-refractivity contribution in [2.75, 3.05) is 26.9 Å². The first-order chi connectivity index (χ1) is 18.5. The third-order valence-electron chi connectivity index (χ3n) is 7.52. The molecule has 0 N–H and O–H groups in total. The SMILES string of the molecule is CCO[Si](CCCC[C@H]1CC[C@H](c2ccc(-c3ccc(C=CC(=O)OC)cc3)cc2)CC1)(OCC)OCC. The van der Waals surface area contributed by atoms with Gasteiger partial charge in [0.1, 0.15) is 0 Å². The second-order valence-electron chi connectivity index (χ2n) is 10.0. The number of carbonyl (C=O) groups is 1. The largest absolute Gasteiger partial charge is 0.500 e. The molecule has 2 aromatic carbocycles. The molecule has 3 rings (SSSR count). The number of carbonyl (C=O) groups excluding carboxylic acids is 1. The summed E-state index contributed by atoms with van der Waals surface area (Å²) in [4.78, 5) is 11.3. The Morgan fingerprint density at radius 1 is 0.816 bits per heavy atom. The van der Waals surface area contributed by atoms with E-state index in [-0.39, 0.29) is 5.97 Å². The van der Waals surface area contributed by atoms with Crippen molar-refractivity contribution >= 4 is 20.8 Å². The van der Waals surface area contributed by atoms with E-state index in [1.807, 2.05) is 32.9 Å². The quantitative estimate of drug-likeness (QED) is 0.0994. The summed E-state index contributed by atoms with van der Waals surface area (Å²) in [5.41, 5.74) is 4.84. The predicted octanol–water partition coefficient (Wildman–Crippen LogP) is 8.03. The highest BCUT2D eigenvalue weighted by Gasteiger charge is 2.39. The van der Waals surface area contributed by atoms with Crippen molar-refractivity contribution in [3.63, 3.8) is 0 Å². The van der Waals surface area contributed by atoms with Crippen molar-refractivity contribution < 1.29 is 22.8 Å². The molecule has 0 saturated heterocycles. The Hall–Kier alpha value is -2.25. The zero-order valence-electron chi connectivity index (χ0n) is 23.7. The van der Waals surface area contributed by atoms with E-state index in [1.54, 1.807) is 6.08 Å². The third-order valence-corrected chi connectivity index (χ3v) is 10.7. The second kappa shape index (κ2) is 16.0. The van der Waals surface area contributed by atoms with Crippen molar-refractivity contribution in [1.82, 2.24) is 0 Å². The smallest absolute Gasteiger partial charge is 0.466 e. The Morgan fingerprint density at radius 2 is 1.37 bits per heavy atom. The fraction of sp³-hybridized carbons (Fsp3) is 0.531. The minimum atomic E-state index is -2.50. The molecule has 0 radical (unpaired) electrons. The van der Waals surface area contributed by atoms with Gasteiger partial charge in [-0.25, -0.2) is 4.79 Å². The molecule has 6 heteroatoms. The van der Waals surface area contributed by atoms with Crippen LogP contribution in [-0.2, 0) is 22.8 Å².